The quantitative estimate of drug-likeness (QED) is 0.592. The molecule has 2 aromatic carbocycles. The van der Waals surface area contributed by atoms with E-state index in [2.05, 4.69) is 10.2 Å². The van der Waals surface area contributed by atoms with E-state index in [1.54, 1.807) is 18.2 Å². The van der Waals surface area contributed by atoms with E-state index in [4.69, 9.17) is 9.15 Å². The maximum atomic E-state index is 13.1. The highest BCUT2D eigenvalue weighted by molar-refractivity contribution is 5.96. The maximum absolute atomic E-state index is 13.1. The molecule has 1 aromatic heterocycles. The average molecular weight is 453 g/mol. The molecule has 0 unspecified atom stereocenters. The zero-order valence-corrected chi connectivity index (χ0v) is 18.6. The first-order valence-corrected chi connectivity index (χ1v) is 11.6. The number of halogens is 1. The molecule has 2 fully saturated rings. The van der Waals surface area contributed by atoms with E-state index in [0.717, 1.165) is 55.6 Å². The van der Waals surface area contributed by atoms with Gasteiger partial charge in [0, 0.05) is 38.2 Å². The molecule has 0 spiro atoms. The molecule has 6 nitrogen and oxygen atoms in total. The minimum absolute atomic E-state index is 0.0769. The number of carbonyl (C=O) groups is 1. The van der Waals surface area contributed by atoms with Gasteiger partial charge in [0.1, 0.15) is 11.4 Å². The molecule has 0 saturated carbocycles. The molecule has 3 heterocycles. The number of fused-ring (bicyclic) bond motifs is 1. The lowest BCUT2D eigenvalue weighted by Crippen LogP contribution is -2.42. The summed E-state index contributed by atoms with van der Waals surface area (Å²) in [5, 5.41) is 15.0. The van der Waals surface area contributed by atoms with Gasteiger partial charge in [0.05, 0.1) is 11.7 Å². The summed E-state index contributed by atoms with van der Waals surface area (Å²) in [5.41, 5.74) is 1.60. The topological polar surface area (TPSA) is 74.9 Å². The Labute approximate surface area is 192 Å². The number of piperidine rings is 1. The summed E-state index contributed by atoms with van der Waals surface area (Å²) in [4.78, 5) is 14.8. The van der Waals surface area contributed by atoms with E-state index in [1.807, 2.05) is 18.2 Å². The van der Waals surface area contributed by atoms with Crippen molar-refractivity contribution in [2.75, 3.05) is 26.2 Å². The van der Waals surface area contributed by atoms with Crippen molar-refractivity contribution in [3.05, 3.63) is 71.2 Å². The highest BCUT2D eigenvalue weighted by Gasteiger charge is 2.34. The summed E-state index contributed by atoms with van der Waals surface area (Å²) in [6.45, 7) is 3.46. The van der Waals surface area contributed by atoms with Crippen LogP contribution in [-0.2, 0) is 16.9 Å². The van der Waals surface area contributed by atoms with Gasteiger partial charge in [-0.25, -0.2) is 4.39 Å². The third-order valence-electron chi connectivity index (χ3n) is 6.79. The molecule has 1 amide bonds. The lowest BCUT2D eigenvalue weighted by molar-refractivity contribution is -0.0276. The van der Waals surface area contributed by atoms with Gasteiger partial charge in [0.2, 0.25) is 0 Å². The fourth-order valence-corrected chi connectivity index (χ4v) is 4.76. The predicted molar refractivity (Wildman–Crippen MR) is 122 cm³/mol. The van der Waals surface area contributed by atoms with Gasteiger partial charge in [-0.05, 0) is 67.1 Å². The molecule has 5 rings (SSSR count). The number of aliphatic hydroxyl groups is 1. The molecule has 174 valence electrons. The van der Waals surface area contributed by atoms with E-state index in [-0.39, 0.29) is 23.6 Å². The highest BCUT2D eigenvalue weighted by Crippen LogP contribution is 2.35. The molecule has 0 bridgehead atoms. The minimum atomic E-state index is -0.924. The van der Waals surface area contributed by atoms with E-state index in [1.165, 1.54) is 12.1 Å². The van der Waals surface area contributed by atoms with Crippen LogP contribution in [0.3, 0.4) is 0 Å². The number of rotatable bonds is 6. The van der Waals surface area contributed by atoms with E-state index < -0.39 is 5.60 Å². The van der Waals surface area contributed by atoms with Gasteiger partial charge in [0.15, 0.2) is 5.76 Å². The summed E-state index contributed by atoms with van der Waals surface area (Å²) in [7, 11) is 0. The van der Waals surface area contributed by atoms with Crippen molar-refractivity contribution in [3.63, 3.8) is 0 Å². The Morgan fingerprint density at radius 1 is 1.15 bits per heavy atom. The summed E-state index contributed by atoms with van der Waals surface area (Å²) in [5.74, 6) is -0.220. The number of hydrogen-bond donors (Lipinski definition) is 2. The fourth-order valence-electron chi connectivity index (χ4n) is 4.76. The number of ether oxygens (including phenoxy) is 1. The van der Waals surface area contributed by atoms with Gasteiger partial charge in [-0.15, -0.1) is 0 Å². The van der Waals surface area contributed by atoms with E-state index >= 15 is 0 Å². The van der Waals surface area contributed by atoms with Crippen molar-refractivity contribution in [2.24, 2.45) is 0 Å². The second kappa shape index (κ2) is 9.25. The van der Waals surface area contributed by atoms with E-state index in [0.29, 0.717) is 25.0 Å². The number of furan rings is 1. The first kappa shape index (κ1) is 22.1. The van der Waals surface area contributed by atoms with Gasteiger partial charge < -0.3 is 19.6 Å². The normalized spacial score (nSPS) is 20.8. The molecular weight excluding hydrogens is 423 g/mol. The number of carbonyl (C=O) groups excluding carboxylic acids is 1. The third-order valence-corrected chi connectivity index (χ3v) is 6.79. The Morgan fingerprint density at radius 2 is 1.94 bits per heavy atom. The zero-order valence-electron chi connectivity index (χ0n) is 18.6. The minimum Gasteiger partial charge on any atom is -0.451 e. The Bertz CT molecular complexity index is 1110. The molecule has 33 heavy (non-hydrogen) atoms. The lowest BCUT2D eigenvalue weighted by atomic mass is 9.84. The van der Waals surface area contributed by atoms with Crippen LogP contribution >= 0.6 is 0 Å². The van der Waals surface area contributed by atoms with Gasteiger partial charge in [-0.3, -0.25) is 9.69 Å². The lowest BCUT2D eigenvalue weighted by Gasteiger charge is -2.38. The van der Waals surface area contributed by atoms with Crippen LogP contribution in [0.5, 0.6) is 0 Å². The molecule has 0 aliphatic carbocycles. The van der Waals surface area contributed by atoms with Crippen LogP contribution < -0.4 is 5.32 Å². The Hall–Kier alpha value is -2.74. The van der Waals surface area contributed by atoms with Crippen molar-refractivity contribution < 1.29 is 23.4 Å². The van der Waals surface area contributed by atoms with Crippen LogP contribution in [0.25, 0.3) is 11.0 Å². The SMILES string of the molecule is O=C(NC[C@@H]1CCCO1)c1cc2cc(C3(O)CCN(Cc4ccc(F)cc4)CC3)ccc2o1. The summed E-state index contributed by atoms with van der Waals surface area (Å²) in [6.07, 6.45) is 3.27. The monoisotopic (exact) mass is 452 g/mol. The molecular formula is C26H29FN2O4. The van der Waals surface area contributed by atoms with Crippen molar-refractivity contribution >= 4 is 16.9 Å². The second-order valence-electron chi connectivity index (χ2n) is 9.14. The van der Waals surface area contributed by atoms with Crippen molar-refractivity contribution in [3.8, 4) is 0 Å². The molecule has 3 aromatic rings. The largest absolute Gasteiger partial charge is 0.451 e. The highest BCUT2D eigenvalue weighted by atomic mass is 19.1. The zero-order chi connectivity index (χ0) is 22.8. The van der Waals surface area contributed by atoms with Crippen LogP contribution in [-0.4, -0.2) is 48.3 Å². The van der Waals surface area contributed by atoms with Crippen molar-refractivity contribution in [1.82, 2.24) is 10.2 Å². The van der Waals surface area contributed by atoms with Crippen molar-refractivity contribution in [1.29, 1.82) is 0 Å². The smallest absolute Gasteiger partial charge is 0.287 e. The third kappa shape index (κ3) is 4.95. The van der Waals surface area contributed by atoms with Crippen LogP contribution in [0, 0.1) is 5.82 Å². The van der Waals surface area contributed by atoms with Crippen LogP contribution in [0.1, 0.15) is 47.4 Å². The predicted octanol–water partition coefficient (Wildman–Crippen LogP) is 3.96. The maximum Gasteiger partial charge on any atom is 0.287 e. The number of nitrogens with zero attached hydrogens (tertiary/aromatic N) is 1. The van der Waals surface area contributed by atoms with Gasteiger partial charge in [-0.1, -0.05) is 18.2 Å². The van der Waals surface area contributed by atoms with E-state index in [9.17, 15) is 14.3 Å². The average Bonchev–Trinajstić information content (AvgIpc) is 3.50. The summed E-state index contributed by atoms with van der Waals surface area (Å²) < 4.78 is 24.4. The molecule has 1 atom stereocenters. The number of benzene rings is 2. The molecule has 2 aliphatic rings. The first-order valence-electron chi connectivity index (χ1n) is 11.6. The van der Waals surface area contributed by atoms with Crippen LogP contribution in [0.2, 0.25) is 0 Å². The van der Waals surface area contributed by atoms with Gasteiger partial charge >= 0.3 is 0 Å². The van der Waals surface area contributed by atoms with Crippen LogP contribution in [0.15, 0.2) is 52.9 Å². The van der Waals surface area contributed by atoms with Gasteiger partial charge in [0.25, 0.3) is 5.91 Å². The molecule has 2 aliphatic heterocycles. The molecule has 0 radical (unpaired) electrons. The Morgan fingerprint density at radius 3 is 2.67 bits per heavy atom. The number of hydrogen-bond acceptors (Lipinski definition) is 5. The summed E-state index contributed by atoms with van der Waals surface area (Å²) >= 11 is 0. The fraction of sp³-hybridized carbons (Fsp3) is 0.423. The van der Waals surface area contributed by atoms with Gasteiger partial charge in [-0.2, -0.15) is 0 Å². The standard InChI is InChI=1S/C26H29FN2O4/c27-21-6-3-18(4-7-21)17-29-11-9-26(31,10-12-29)20-5-8-23-19(14-20)15-24(33-23)25(30)28-16-22-2-1-13-32-22/h3-8,14-15,22,31H,1-2,9-13,16-17H2,(H,28,30)/t22-/m0/s1. The Kier molecular flexibility index (Phi) is 6.19. The van der Waals surface area contributed by atoms with Crippen LogP contribution in [0.4, 0.5) is 4.39 Å². The molecule has 2 saturated heterocycles. The number of amides is 1. The molecule has 7 heteroatoms. The number of nitrogens with one attached hydrogen (secondary N) is 1. The second-order valence-corrected chi connectivity index (χ2v) is 9.14. The van der Waals surface area contributed by atoms with Crippen molar-refractivity contribution in [2.45, 2.75) is 43.9 Å². The Balaban J connectivity index is 1.22. The summed E-state index contributed by atoms with van der Waals surface area (Å²) in [6, 6.07) is 13.9. The molecule has 2 N–H and O–H groups in total. The first-order chi connectivity index (χ1) is 16.0. The number of likely N-dealkylation sites (tertiary alicyclic amines) is 1.